The fourth-order valence-corrected chi connectivity index (χ4v) is 8.48. The van der Waals surface area contributed by atoms with Gasteiger partial charge in [-0.3, -0.25) is 0 Å². The number of aromatic nitrogens is 1. The quantitative estimate of drug-likeness (QED) is 0.249. The van der Waals surface area contributed by atoms with Crippen LogP contribution >= 0.6 is 27.5 Å². The molecular formula is C17H28BrClN2OSSi. The molecule has 0 amide bonds. The van der Waals surface area contributed by atoms with E-state index in [9.17, 15) is 4.55 Å². The van der Waals surface area contributed by atoms with E-state index in [4.69, 9.17) is 11.6 Å². The normalized spacial score (nSPS) is 14.8. The van der Waals surface area contributed by atoms with Crippen LogP contribution in [0.3, 0.4) is 0 Å². The molecule has 0 fully saturated rings. The van der Waals surface area contributed by atoms with Gasteiger partial charge in [-0.15, -0.1) is 0 Å². The maximum atomic E-state index is 12.3. The number of pyridine rings is 1. The molecule has 0 aliphatic heterocycles. The second-order valence-corrected chi connectivity index (χ2v) is 15.4. The maximum Gasteiger partial charge on any atom is 0.144 e. The van der Waals surface area contributed by atoms with Gasteiger partial charge in [0.1, 0.15) is 32.1 Å². The van der Waals surface area contributed by atoms with Crippen LogP contribution in [0.15, 0.2) is 15.1 Å². The zero-order valence-corrected chi connectivity index (χ0v) is 19.8. The molecule has 0 N–H and O–H groups in total. The summed E-state index contributed by atoms with van der Waals surface area (Å²) in [5.74, 6) is 0. The van der Waals surface area contributed by atoms with Gasteiger partial charge < -0.3 is 4.55 Å². The topological polar surface area (TPSA) is 48.3 Å². The second kappa shape index (κ2) is 8.67. The number of nitrogens with zero attached hydrogens (tertiary/aromatic N) is 2. The van der Waals surface area contributed by atoms with Crippen molar-refractivity contribution in [3.05, 3.63) is 21.4 Å². The molecule has 0 aromatic carbocycles. The lowest BCUT2D eigenvalue weighted by Gasteiger charge is -2.30. The van der Waals surface area contributed by atoms with Crippen LogP contribution in [0.2, 0.25) is 23.2 Å². The van der Waals surface area contributed by atoms with E-state index in [1.165, 1.54) is 5.19 Å². The highest BCUT2D eigenvalue weighted by molar-refractivity contribution is 9.10. The van der Waals surface area contributed by atoms with E-state index in [0.29, 0.717) is 16.4 Å². The molecule has 136 valence electrons. The molecule has 0 bridgehead atoms. The predicted molar refractivity (Wildman–Crippen MR) is 114 cm³/mol. The smallest absolute Gasteiger partial charge is 0.144 e. The van der Waals surface area contributed by atoms with E-state index < -0.39 is 24.2 Å². The van der Waals surface area contributed by atoms with Gasteiger partial charge in [-0.05, 0) is 54.9 Å². The summed E-state index contributed by atoms with van der Waals surface area (Å²) in [5.41, 5.74) is 1.27. The van der Waals surface area contributed by atoms with Crippen molar-refractivity contribution in [3.63, 3.8) is 0 Å². The monoisotopic (exact) mass is 450 g/mol. The molecule has 0 aliphatic rings. The summed E-state index contributed by atoms with van der Waals surface area (Å²) in [6.45, 7) is 14.3. The van der Waals surface area contributed by atoms with Crippen LogP contribution in [0.4, 0.5) is 0 Å². The van der Waals surface area contributed by atoms with Crippen LogP contribution in [0, 0.1) is 0 Å². The van der Waals surface area contributed by atoms with Crippen molar-refractivity contribution in [2.75, 3.05) is 0 Å². The molecule has 24 heavy (non-hydrogen) atoms. The Morgan fingerprint density at radius 1 is 1.29 bits per heavy atom. The minimum atomic E-state index is -1.66. The highest BCUT2D eigenvalue weighted by Gasteiger charge is 2.34. The molecule has 1 unspecified atom stereocenters. The summed E-state index contributed by atoms with van der Waals surface area (Å²) < 4.78 is 17.1. The third kappa shape index (κ3) is 4.85. The van der Waals surface area contributed by atoms with Crippen LogP contribution in [0.1, 0.15) is 54.2 Å². The molecule has 0 saturated carbocycles. The summed E-state index contributed by atoms with van der Waals surface area (Å²) in [5, 5.41) is 1.91. The molecular weight excluding hydrogens is 424 g/mol. The van der Waals surface area contributed by atoms with Crippen LogP contribution in [-0.4, -0.2) is 28.1 Å². The molecule has 7 heteroatoms. The predicted octanol–water partition coefficient (Wildman–Crippen LogP) is 5.48. The van der Waals surface area contributed by atoms with E-state index in [0.717, 1.165) is 22.7 Å². The first-order valence-electron chi connectivity index (χ1n) is 8.36. The third-order valence-corrected chi connectivity index (χ3v) is 12.6. The molecule has 1 rings (SSSR count). The van der Waals surface area contributed by atoms with Crippen molar-refractivity contribution < 1.29 is 4.55 Å². The fraction of sp³-hybridized carbons (Fsp3) is 0.647. The van der Waals surface area contributed by atoms with E-state index in [1.807, 2.05) is 27.7 Å². The largest absolute Gasteiger partial charge is 0.591 e. The fourth-order valence-electron chi connectivity index (χ4n) is 2.75. The van der Waals surface area contributed by atoms with Gasteiger partial charge in [0.25, 0.3) is 0 Å². The molecule has 0 radical (unpaired) electrons. The Morgan fingerprint density at radius 2 is 1.79 bits per heavy atom. The second-order valence-electron chi connectivity index (χ2n) is 7.03. The summed E-state index contributed by atoms with van der Waals surface area (Å²) >= 11 is 8.96. The SMILES string of the molecule is CC[Si](CC)(CC)c1cc(Br)nc(/C(C)=N/[S+]([O-])C(C)(C)C)c1Cl. The summed E-state index contributed by atoms with van der Waals surface area (Å²) in [6.07, 6.45) is 0. The Labute approximate surface area is 164 Å². The Morgan fingerprint density at radius 3 is 2.21 bits per heavy atom. The number of hydrogen-bond acceptors (Lipinski definition) is 3. The molecule has 1 aromatic heterocycles. The summed E-state index contributed by atoms with van der Waals surface area (Å²) in [7, 11) is -1.66. The van der Waals surface area contributed by atoms with Gasteiger partial charge in [-0.1, -0.05) is 54.9 Å². The molecule has 0 saturated heterocycles. The first-order chi connectivity index (χ1) is 11.0. The zero-order valence-electron chi connectivity index (χ0n) is 15.7. The minimum absolute atomic E-state index is 0.405. The summed E-state index contributed by atoms with van der Waals surface area (Å²) in [4.78, 5) is 4.53. The van der Waals surface area contributed by atoms with Gasteiger partial charge in [0.2, 0.25) is 0 Å². The first kappa shape index (κ1) is 22.2. The first-order valence-corrected chi connectivity index (χ1v) is 13.3. The van der Waals surface area contributed by atoms with Gasteiger partial charge in [0.05, 0.1) is 13.1 Å². The Balaban J connectivity index is 3.51. The van der Waals surface area contributed by atoms with Crippen molar-refractivity contribution in [1.82, 2.24) is 4.98 Å². The molecule has 1 atom stereocenters. The van der Waals surface area contributed by atoms with E-state index >= 15 is 0 Å². The Bertz CT molecular complexity index is 607. The number of halogens is 2. The molecule has 1 heterocycles. The van der Waals surface area contributed by atoms with Gasteiger partial charge >= 0.3 is 0 Å². The lowest BCUT2D eigenvalue weighted by molar-refractivity contribution is 0.561. The molecule has 1 aromatic rings. The van der Waals surface area contributed by atoms with Crippen molar-refractivity contribution in [2.24, 2.45) is 4.40 Å². The van der Waals surface area contributed by atoms with Crippen LogP contribution < -0.4 is 5.19 Å². The average Bonchev–Trinajstić information content (AvgIpc) is 2.51. The standard InChI is InChI=1S/C17H28BrClN2OSSi/c1-8-24(9-2,10-3)13-11-14(18)20-16(15(13)19)12(4)21-23(22)17(5,6)7/h11H,8-10H2,1-7H3/b21-12+. The summed E-state index contributed by atoms with van der Waals surface area (Å²) in [6, 6.07) is 5.49. The van der Waals surface area contributed by atoms with Crippen molar-refractivity contribution >= 4 is 57.9 Å². The number of rotatable bonds is 6. The lowest BCUT2D eigenvalue weighted by Crippen LogP contribution is -2.47. The highest BCUT2D eigenvalue weighted by atomic mass is 79.9. The number of hydrogen-bond donors (Lipinski definition) is 0. The van der Waals surface area contributed by atoms with Gasteiger partial charge in [0, 0.05) is 0 Å². The van der Waals surface area contributed by atoms with Gasteiger partial charge in [0.15, 0.2) is 0 Å². The lowest BCUT2D eigenvalue weighted by atomic mass is 10.2. The van der Waals surface area contributed by atoms with Crippen LogP contribution in [0.25, 0.3) is 0 Å². The van der Waals surface area contributed by atoms with Crippen LogP contribution in [0.5, 0.6) is 0 Å². The minimum Gasteiger partial charge on any atom is -0.591 e. The van der Waals surface area contributed by atoms with E-state index in [1.54, 1.807) is 0 Å². The maximum absolute atomic E-state index is 12.3. The molecule has 0 aliphatic carbocycles. The van der Waals surface area contributed by atoms with Gasteiger partial charge in [-0.2, -0.15) is 0 Å². The molecule has 0 spiro atoms. The average molecular weight is 452 g/mol. The third-order valence-electron chi connectivity index (χ3n) is 4.61. The van der Waals surface area contributed by atoms with E-state index in [-0.39, 0.29) is 0 Å². The van der Waals surface area contributed by atoms with E-state index in [2.05, 4.69) is 52.1 Å². The van der Waals surface area contributed by atoms with Crippen molar-refractivity contribution in [1.29, 1.82) is 0 Å². The van der Waals surface area contributed by atoms with Crippen LogP contribution in [-0.2, 0) is 11.4 Å². The Hall–Kier alpha value is 0.117. The molecule has 3 nitrogen and oxygen atoms in total. The Kier molecular flexibility index (Phi) is 8.00. The highest BCUT2D eigenvalue weighted by Crippen LogP contribution is 2.28. The van der Waals surface area contributed by atoms with Crippen molar-refractivity contribution in [3.8, 4) is 0 Å². The van der Waals surface area contributed by atoms with Crippen molar-refractivity contribution in [2.45, 2.75) is 71.3 Å². The zero-order chi connectivity index (χ0) is 18.7. The van der Waals surface area contributed by atoms with Gasteiger partial charge in [-0.25, -0.2) is 4.98 Å².